The maximum atomic E-state index is 12.5. The topological polar surface area (TPSA) is 110 Å². The Kier molecular flexibility index (Phi) is 7.01. The number of benzene rings is 1. The van der Waals surface area contributed by atoms with Crippen LogP contribution in [0, 0.1) is 6.92 Å². The van der Waals surface area contributed by atoms with E-state index in [4.69, 9.17) is 4.74 Å². The molecular formula is C20H22N2O6S2. The van der Waals surface area contributed by atoms with Gasteiger partial charge in [-0.25, -0.2) is 8.42 Å². The van der Waals surface area contributed by atoms with Crippen LogP contribution in [0.3, 0.4) is 0 Å². The van der Waals surface area contributed by atoms with Crippen molar-refractivity contribution in [2.24, 2.45) is 0 Å². The molecule has 1 saturated heterocycles. The Bertz CT molecular complexity index is 1040. The second kappa shape index (κ2) is 9.50. The highest BCUT2D eigenvalue weighted by molar-refractivity contribution is 7.89. The van der Waals surface area contributed by atoms with Crippen molar-refractivity contribution < 1.29 is 27.5 Å². The number of carbonyl (C=O) groups excluding carboxylic acids is 3. The number of Topliss-reactive ketones (excluding diaryl/α,β-unsaturated/α-hetero) is 1. The van der Waals surface area contributed by atoms with Crippen LogP contribution in [0.25, 0.3) is 0 Å². The Morgan fingerprint density at radius 3 is 2.33 bits per heavy atom. The average molecular weight is 451 g/mol. The van der Waals surface area contributed by atoms with Crippen LogP contribution < -0.4 is 5.32 Å². The van der Waals surface area contributed by atoms with Crippen molar-refractivity contribution in [1.82, 2.24) is 9.62 Å². The van der Waals surface area contributed by atoms with Gasteiger partial charge in [-0.15, -0.1) is 11.3 Å². The zero-order valence-corrected chi connectivity index (χ0v) is 18.1. The van der Waals surface area contributed by atoms with Crippen LogP contribution in [-0.2, 0) is 19.6 Å². The van der Waals surface area contributed by atoms with Gasteiger partial charge in [-0.1, -0.05) is 0 Å². The second-order valence-electron chi connectivity index (χ2n) is 6.81. The van der Waals surface area contributed by atoms with Crippen LogP contribution in [0.5, 0.6) is 0 Å². The van der Waals surface area contributed by atoms with E-state index >= 15 is 0 Å². The van der Waals surface area contributed by atoms with E-state index in [0.29, 0.717) is 18.0 Å². The number of rotatable bonds is 8. The van der Waals surface area contributed by atoms with E-state index < -0.39 is 28.4 Å². The summed E-state index contributed by atoms with van der Waals surface area (Å²) in [5, 5.41) is 2.44. The fraction of sp³-hybridized carbons (Fsp3) is 0.350. The molecule has 1 aliphatic rings. The van der Waals surface area contributed by atoms with Gasteiger partial charge in [-0.3, -0.25) is 14.4 Å². The van der Waals surface area contributed by atoms with Gasteiger partial charge in [0.25, 0.3) is 5.91 Å². The molecule has 160 valence electrons. The lowest BCUT2D eigenvalue weighted by atomic mass is 10.1. The number of nitrogens with zero attached hydrogens (tertiary/aromatic N) is 1. The third-order valence-corrected chi connectivity index (χ3v) is 7.51. The molecule has 0 atom stereocenters. The van der Waals surface area contributed by atoms with Crippen LogP contribution in [0.1, 0.15) is 37.7 Å². The molecule has 1 amide bonds. The Hall–Kier alpha value is -2.56. The van der Waals surface area contributed by atoms with E-state index in [0.717, 1.165) is 17.7 Å². The zero-order valence-electron chi connectivity index (χ0n) is 16.4. The minimum Gasteiger partial charge on any atom is -0.456 e. The van der Waals surface area contributed by atoms with Crippen molar-refractivity contribution in [3.8, 4) is 0 Å². The molecule has 1 fully saturated rings. The van der Waals surface area contributed by atoms with E-state index in [1.165, 1.54) is 39.9 Å². The first-order valence-corrected chi connectivity index (χ1v) is 11.7. The standard InChI is InChI=1S/C20H22N2O6S2/c1-14-4-9-18(29-14)20(25)21-12-19(24)28-13-17(23)15-5-7-16(8-6-15)30(26,27)22-10-2-3-11-22/h4-9H,2-3,10-13H2,1H3,(H,21,25). The largest absolute Gasteiger partial charge is 0.456 e. The summed E-state index contributed by atoms with van der Waals surface area (Å²) in [6.45, 7) is 2.03. The lowest BCUT2D eigenvalue weighted by Gasteiger charge is -2.15. The Morgan fingerprint density at radius 2 is 1.73 bits per heavy atom. The van der Waals surface area contributed by atoms with Gasteiger partial charge in [0.05, 0.1) is 9.77 Å². The maximum Gasteiger partial charge on any atom is 0.325 e. The van der Waals surface area contributed by atoms with Gasteiger partial charge in [-0.2, -0.15) is 4.31 Å². The van der Waals surface area contributed by atoms with E-state index in [9.17, 15) is 22.8 Å². The summed E-state index contributed by atoms with van der Waals surface area (Å²) < 4.78 is 31.3. The molecule has 1 aromatic carbocycles. The summed E-state index contributed by atoms with van der Waals surface area (Å²) in [7, 11) is -3.55. The first-order chi connectivity index (χ1) is 14.3. The van der Waals surface area contributed by atoms with Crippen molar-refractivity contribution in [3.63, 3.8) is 0 Å². The second-order valence-corrected chi connectivity index (χ2v) is 10.0. The molecule has 8 nitrogen and oxygen atoms in total. The van der Waals surface area contributed by atoms with E-state index in [-0.39, 0.29) is 22.9 Å². The number of sulfonamides is 1. The van der Waals surface area contributed by atoms with Crippen molar-refractivity contribution in [2.45, 2.75) is 24.7 Å². The number of esters is 1. The number of hydrogen-bond acceptors (Lipinski definition) is 7. The molecule has 10 heteroatoms. The number of thiophene rings is 1. The molecule has 0 unspecified atom stereocenters. The molecule has 0 radical (unpaired) electrons. The van der Waals surface area contributed by atoms with Gasteiger partial charge in [-0.05, 0) is 56.2 Å². The van der Waals surface area contributed by atoms with Gasteiger partial charge < -0.3 is 10.1 Å². The number of ether oxygens (including phenoxy) is 1. The third-order valence-electron chi connectivity index (χ3n) is 4.60. The summed E-state index contributed by atoms with van der Waals surface area (Å²) in [4.78, 5) is 37.5. The molecule has 0 spiro atoms. The molecule has 1 aromatic heterocycles. The summed E-state index contributed by atoms with van der Waals surface area (Å²) >= 11 is 1.31. The third kappa shape index (κ3) is 5.32. The Morgan fingerprint density at radius 1 is 1.07 bits per heavy atom. The van der Waals surface area contributed by atoms with E-state index in [1.54, 1.807) is 12.1 Å². The molecular weight excluding hydrogens is 428 g/mol. The fourth-order valence-corrected chi connectivity index (χ4v) is 5.27. The number of aryl methyl sites for hydroxylation is 1. The number of nitrogens with one attached hydrogen (secondary N) is 1. The normalized spacial score (nSPS) is 14.4. The smallest absolute Gasteiger partial charge is 0.325 e. The first kappa shape index (κ1) is 22.1. The summed E-state index contributed by atoms with van der Waals surface area (Å²) in [6.07, 6.45) is 1.68. The van der Waals surface area contributed by atoms with Gasteiger partial charge in [0.15, 0.2) is 12.4 Å². The predicted molar refractivity (Wildman–Crippen MR) is 111 cm³/mol. The summed E-state index contributed by atoms with van der Waals surface area (Å²) in [6, 6.07) is 9.04. The fourth-order valence-electron chi connectivity index (χ4n) is 2.97. The summed E-state index contributed by atoms with van der Waals surface area (Å²) in [5.74, 6) is -1.59. The van der Waals surface area contributed by atoms with E-state index in [1.807, 2.05) is 6.92 Å². The number of ketones is 1. The van der Waals surface area contributed by atoms with Gasteiger partial charge in [0.1, 0.15) is 6.54 Å². The van der Waals surface area contributed by atoms with Crippen LogP contribution in [0.4, 0.5) is 0 Å². The molecule has 1 N–H and O–H groups in total. The predicted octanol–water partition coefficient (Wildman–Crippen LogP) is 2.00. The molecule has 2 aromatic rings. The SMILES string of the molecule is Cc1ccc(C(=O)NCC(=O)OCC(=O)c2ccc(S(=O)(=O)N3CCCC3)cc2)s1. The Labute approximate surface area is 178 Å². The van der Waals surface area contributed by atoms with Crippen molar-refractivity contribution in [3.05, 3.63) is 51.7 Å². The lowest BCUT2D eigenvalue weighted by Crippen LogP contribution is -2.31. The average Bonchev–Trinajstić information content (AvgIpc) is 3.42. The molecule has 30 heavy (non-hydrogen) atoms. The number of amides is 1. The van der Waals surface area contributed by atoms with Crippen LogP contribution in [0.2, 0.25) is 0 Å². The van der Waals surface area contributed by atoms with Crippen LogP contribution >= 0.6 is 11.3 Å². The van der Waals surface area contributed by atoms with Gasteiger partial charge in [0, 0.05) is 23.5 Å². The lowest BCUT2D eigenvalue weighted by molar-refractivity contribution is -0.141. The Balaban J connectivity index is 1.48. The highest BCUT2D eigenvalue weighted by Gasteiger charge is 2.27. The molecule has 0 aliphatic carbocycles. The van der Waals surface area contributed by atoms with Crippen molar-refractivity contribution in [1.29, 1.82) is 0 Å². The minimum atomic E-state index is -3.55. The number of carbonyl (C=O) groups is 3. The minimum absolute atomic E-state index is 0.129. The zero-order chi connectivity index (χ0) is 21.7. The van der Waals surface area contributed by atoms with Gasteiger partial charge >= 0.3 is 5.97 Å². The highest BCUT2D eigenvalue weighted by Crippen LogP contribution is 2.21. The van der Waals surface area contributed by atoms with E-state index in [2.05, 4.69) is 5.32 Å². The molecule has 0 bridgehead atoms. The molecule has 3 rings (SSSR count). The quantitative estimate of drug-likeness (QED) is 0.487. The van der Waals surface area contributed by atoms with Crippen LogP contribution in [0.15, 0.2) is 41.3 Å². The first-order valence-electron chi connectivity index (χ1n) is 9.41. The molecule has 1 aliphatic heterocycles. The molecule has 0 saturated carbocycles. The van der Waals surface area contributed by atoms with Crippen molar-refractivity contribution in [2.75, 3.05) is 26.2 Å². The summed E-state index contributed by atoms with van der Waals surface area (Å²) in [5.41, 5.74) is 0.237. The number of hydrogen-bond donors (Lipinski definition) is 1. The van der Waals surface area contributed by atoms with Gasteiger partial charge in [0.2, 0.25) is 10.0 Å². The monoisotopic (exact) mass is 450 g/mol. The van der Waals surface area contributed by atoms with Crippen LogP contribution in [-0.4, -0.2) is 56.6 Å². The molecule has 2 heterocycles. The highest BCUT2D eigenvalue weighted by atomic mass is 32.2. The van der Waals surface area contributed by atoms with Crippen molar-refractivity contribution >= 4 is 39.0 Å². The maximum absolute atomic E-state index is 12.5.